The van der Waals surface area contributed by atoms with Crippen LogP contribution in [-0.4, -0.2) is 39.4 Å². The molecule has 5 nitrogen and oxygen atoms in total. The Morgan fingerprint density at radius 3 is 2.40 bits per heavy atom. The number of ether oxygens (including phenoxy) is 2. The summed E-state index contributed by atoms with van der Waals surface area (Å²) in [4.78, 5) is 4.11. The van der Waals surface area contributed by atoms with Gasteiger partial charge in [0, 0.05) is 20.1 Å². The van der Waals surface area contributed by atoms with E-state index in [9.17, 15) is 13.2 Å². The zero-order valence-corrected chi connectivity index (χ0v) is 17.1. The van der Waals surface area contributed by atoms with Gasteiger partial charge in [0.1, 0.15) is 0 Å². The van der Waals surface area contributed by atoms with E-state index in [4.69, 9.17) is 9.47 Å². The number of guanidine groups is 1. The minimum absolute atomic E-state index is 0. The Morgan fingerprint density at radius 1 is 1.20 bits per heavy atom. The van der Waals surface area contributed by atoms with Gasteiger partial charge in [-0.2, -0.15) is 13.2 Å². The number of alkyl halides is 3. The zero-order valence-electron chi connectivity index (χ0n) is 14.7. The number of hydrogen-bond acceptors (Lipinski definition) is 3. The van der Waals surface area contributed by atoms with Crippen molar-refractivity contribution in [3.8, 4) is 11.5 Å². The van der Waals surface area contributed by atoms with Gasteiger partial charge < -0.3 is 20.1 Å². The van der Waals surface area contributed by atoms with Crippen LogP contribution in [0.3, 0.4) is 0 Å². The van der Waals surface area contributed by atoms with Crippen molar-refractivity contribution >= 4 is 29.9 Å². The highest BCUT2D eigenvalue weighted by atomic mass is 127. The molecule has 0 bridgehead atoms. The van der Waals surface area contributed by atoms with Gasteiger partial charge in [-0.05, 0) is 23.6 Å². The molecule has 0 saturated heterocycles. The third-order valence-corrected chi connectivity index (χ3v) is 2.98. The largest absolute Gasteiger partial charge is 0.493 e. The van der Waals surface area contributed by atoms with Crippen LogP contribution in [0.2, 0.25) is 0 Å². The Kier molecular flexibility index (Phi) is 10.6. The number of halogens is 4. The predicted octanol–water partition coefficient (Wildman–Crippen LogP) is 3.58. The molecular weight excluding hydrogens is 450 g/mol. The summed E-state index contributed by atoms with van der Waals surface area (Å²) >= 11 is 0. The van der Waals surface area contributed by atoms with Crippen LogP contribution in [-0.2, 0) is 6.54 Å². The number of nitrogens with zero attached hydrogens (tertiary/aromatic N) is 1. The van der Waals surface area contributed by atoms with Crippen LogP contribution < -0.4 is 20.1 Å². The van der Waals surface area contributed by atoms with Crippen molar-refractivity contribution in [2.75, 3.05) is 27.3 Å². The Morgan fingerprint density at radius 2 is 1.88 bits per heavy atom. The molecule has 0 unspecified atom stereocenters. The average Bonchev–Trinajstić information content (AvgIpc) is 2.52. The molecule has 0 aliphatic heterocycles. The predicted molar refractivity (Wildman–Crippen MR) is 103 cm³/mol. The summed E-state index contributed by atoms with van der Waals surface area (Å²) in [5, 5.41) is 6.30. The maximum atomic E-state index is 12.2. The number of methoxy groups -OCH3 is 1. The molecule has 1 aromatic carbocycles. The molecule has 1 rings (SSSR count). The minimum atomic E-state index is -4.39. The Labute approximate surface area is 163 Å². The van der Waals surface area contributed by atoms with Gasteiger partial charge in [0.25, 0.3) is 0 Å². The van der Waals surface area contributed by atoms with Gasteiger partial charge in [-0.3, -0.25) is 4.99 Å². The van der Waals surface area contributed by atoms with Crippen LogP contribution >= 0.6 is 24.0 Å². The normalized spacial score (nSPS) is 11.8. The molecule has 0 spiro atoms. The first-order chi connectivity index (χ1) is 11.2. The van der Waals surface area contributed by atoms with Crippen molar-refractivity contribution in [3.63, 3.8) is 0 Å². The fourth-order valence-corrected chi connectivity index (χ4v) is 1.81. The molecule has 0 aliphatic rings. The van der Waals surface area contributed by atoms with Crippen molar-refractivity contribution in [2.45, 2.75) is 26.6 Å². The van der Waals surface area contributed by atoms with Gasteiger partial charge in [0.2, 0.25) is 0 Å². The number of aliphatic imine (C=N–C) groups is 1. The fourth-order valence-electron chi connectivity index (χ4n) is 1.81. The zero-order chi connectivity index (χ0) is 18.2. The molecule has 9 heteroatoms. The standard InChI is InChI=1S/C16H24F3N3O2.HI/c1-11(2)8-21-15(20-3)22-9-12-5-6-13(14(7-12)23-4)24-10-16(17,18)19;/h5-7,11H,8-10H2,1-4H3,(H2,20,21,22);1H. The van der Waals surface area contributed by atoms with Crippen LogP contribution in [0.5, 0.6) is 11.5 Å². The van der Waals surface area contributed by atoms with Crippen LogP contribution in [0.1, 0.15) is 19.4 Å². The second kappa shape index (κ2) is 11.3. The third kappa shape index (κ3) is 9.61. The topological polar surface area (TPSA) is 54.9 Å². The highest BCUT2D eigenvalue weighted by molar-refractivity contribution is 14.0. The van der Waals surface area contributed by atoms with Crippen molar-refractivity contribution < 1.29 is 22.6 Å². The number of hydrogen-bond donors (Lipinski definition) is 2. The molecule has 25 heavy (non-hydrogen) atoms. The van der Waals surface area contributed by atoms with Crippen molar-refractivity contribution in [3.05, 3.63) is 23.8 Å². The van der Waals surface area contributed by atoms with Crippen molar-refractivity contribution in [1.29, 1.82) is 0 Å². The number of rotatable bonds is 7. The van der Waals surface area contributed by atoms with Crippen LogP contribution in [0.25, 0.3) is 0 Å². The molecule has 0 radical (unpaired) electrons. The molecule has 0 saturated carbocycles. The van der Waals surface area contributed by atoms with E-state index in [0.29, 0.717) is 18.4 Å². The van der Waals surface area contributed by atoms with Crippen molar-refractivity contribution in [2.24, 2.45) is 10.9 Å². The first-order valence-corrected chi connectivity index (χ1v) is 7.56. The first-order valence-electron chi connectivity index (χ1n) is 7.56. The molecular formula is C16H25F3IN3O2. The SMILES string of the molecule is CN=C(NCc1ccc(OCC(F)(F)F)c(OC)c1)NCC(C)C.I. The summed E-state index contributed by atoms with van der Waals surface area (Å²) in [7, 11) is 3.06. The summed E-state index contributed by atoms with van der Waals surface area (Å²) in [5.74, 6) is 1.44. The number of benzene rings is 1. The lowest BCUT2D eigenvalue weighted by molar-refractivity contribution is -0.153. The van der Waals surface area contributed by atoms with Crippen molar-refractivity contribution in [1.82, 2.24) is 10.6 Å². The smallest absolute Gasteiger partial charge is 0.422 e. The summed E-state index contributed by atoms with van der Waals surface area (Å²) in [6.45, 7) is 4.06. The highest BCUT2D eigenvalue weighted by Gasteiger charge is 2.29. The molecule has 0 heterocycles. The van der Waals surface area contributed by atoms with Gasteiger partial charge >= 0.3 is 6.18 Å². The second-order valence-electron chi connectivity index (χ2n) is 5.59. The van der Waals surface area contributed by atoms with E-state index in [2.05, 4.69) is 29.5 Å². The molecule has 144 valence electrons. The lowest BCUT2D eigenvalue weighted by Gasteiger charge is -2.15. The Hall–Kier alpha value is -1.39. The van der Waals surface area contributed by atoms with E-state index in [-0.39, 0.29) is 35.5 Å². The van der Waals surface area contributed by atoms with E-state index >= 15 is 0 Å². The van der Waals surface area contributed by atoms with Gasteiger partial charge in [-0.1, -0.05) is 19.9 Å². The van der Waals surface area contributed by atoms with Gasteiger partial charge in [0.05, 0.1) is 7.11 Å². The third-order valence-electron chi connectivity index (χ3n) is 2.98. The second-order valence-corrected chi connectivity index (χ2v) is 5.59. The molecule has 1 aromatic rings. The molecule has 0 amide bonds. The maximum absolute atomic E-state index is 12.2. The summed E-state index contributed by atoms with van der Waals surface area (Å²) in [5.41, 5.74) is 0.832. The van der Waals surface area contributed by atoms with E-state index < -0.39 is 12.8 Å². The Balaban J connectivity index is 0.00000576. The Bertz CT molecular complexity index is 552. The quantitative estimate of drug-likeness (QED) is 0.360. The number of nitrogens with one attached hydrogen (secondary N) is 2. The average molecular weight is 475 g/mol. The van der Waals surface area contributed by atoms with Crippen LogP contribution in [0, 0.1) is 5.92 Å². The summed E-state index contributed by atoms with van der Waals surface area (Å²) in [6.07, 6.45) is -4.39. The monoisotopic (exact) mass is 475 g/mol. The molecule has 0 fully saturated rings. The first kappa shape index (κ1) is 23.6. The van der Waals surface area contributed by atoms with Crippen LogP contribution in [0.4, 0.5) is 13.2 Å². The van der Waals surface area contributed by atoms with Gasteiger partial charge in [0.15, 0.2) is 24.1 Å². The maximum Gasteiger partial charge on any atom is 0.422 e. The lowest BCUT2D eigenvalue weighted by Crippen LogP contribution is -2.38. The van der Waals surface area contributed by atoms with E-state index in [1.807, 2.05) is 0 Å². The summed E-state index contributed by atoms with van der Waals surface area (Å²) in [6, 6.07) is 4.78. The lowest BCUT2D eigenvalue weighted by atomic mass is 10.2. The summed E-state index contributed by atoms with van der Waals surface area (Å²) < 4.78 is 46.6. The fraction of sp³-hybridized carbons (Fsp3) is 0.562. The van der Waals surface area contributed by atoms with Crippen LogP contribution in [0.15, 0.2) is 23.2 Å². The molecule has 0 atom stereocenters. The molecule has 2 N–H and O–H groups in total. The van der Waals surface area contributed by atoms with E-state index in [0.717, 1.165) is 12.1 Å². The molecule has 0 aromatic heterocycles. The van der Waals surface area contributed by atoms with E-state index in [1.165, 1.54) is 13.2 Å². The van der Waals surface area contributed by atoms with Gasteiger partial charge in [-0.25, -0.2) is 0 Å². The minimum Gasteiger partial charge on any atom is -0.493 e. The van der Waals surface area contributed by atoms with Gasteiger partial charge in [-0.15, -0.1) is 24.0 Å². The molecule has 0 aliphatic carbocycles. The van der Waals surface area contributed by atoms with E-state index in [1.54, 1.807) is 19.2 Å². The highest BCUT2D eigenvalue weighted by Crippen LogP contribution is 2.29.